The van der Waals surface area contributed by atoms with Crippen molar-refractivity contribution in [1.29, 1.82) is 0 Å². The van der Waals surface area contributed by atoms with E-state index >= 15 is 0 Å². The van der Waals surface area contributed by atoms with Crippen molar-refractivity contribution in [3.05, 3.63) is 51.5 Å². The Hall–Kier alpha value is -1.26. The number of hydrogen-bond acceptors (Lipinski definition) is 2. The standard InChI is InChI=1S/C12H8BrClN2O/c13-7-3-9-8(11-5-15-6-16-11)1-2-17-12(9)10(14)4-7/h1,3-6H,2H2,(H,15,16). The minimum absolute atomic E-state index is 0.510. The van der Waals surface area contributed by atoms with Gasteiger partial charge in [0.25, 0.3) is 0 Å². The van der Waals surface area contributed by atoms with Gasteiger partial charge in [-0.15, -0.1) is 0 Å². The third-order valence-electron chi connectivity index (χ3n) is 2.59. The van der Waals surface area contributed by atoms with Gasteiger partial charge in [0.15, 0.2) is 0 Å². The first-order valence-corrected chi connectivity index (χ1v) is 6.24. The summed E-state index contributed by atoms with van der Waals surface area (Å²) in [6.45, 7) is 0.510. The summed E-state index contributed by atoms with van der Waals surface area (Å²) in [4.78, 5) is 7.21. The minimum Gasteiger partial charge on any atom is -0.487 e. The second kappa shape index (κ2) is 4.20. The van der Waals surface area contributed by atoms with Gasteiger partial charge in [-0.3, -0.25) is 0 Å². The molecule has 0 saturated heterocycles. The van der Waals surface area contributed by atoms with E-state index in [0.717, 1.165) is 27.1 Å². The third kappa shape index (κ3) is 1.87. The van der Waals surface area contributed by atoms with Crippen molar-refractivity contribution in [2.75, 3.05) is 6.61 Å². The van der Waals surface area contributed by atoms with Gasteiger partial charge in [-0.25, -0.2) is 4.98 Å². The zero-order valence-electron chi connectivity index (χ0n) is 8.71. The lowest BCUT2D eigenvalue weighted by molar-refractivity contribution is 0.357. The molecular weight excluding hydrogens is 304 g/mol. The number of H-pyrrole nitrogens is 1. The minimum atomic E-state index is 0.510. The molecule has 86 valence electrons. The Morgan fingerprint density at radius 1 is 1.41 bits per heavy atom. The first-order valence-electron chi connectivity index (χ1n) is 5.07. The highest BCUT2D eigenvalue weighted by atomic mass is 79.9. The van der Waals surface area contributed by atoms with Crippen LogP contribution in [0.1, 0.15) is 11.3 Å². The van der Waals surface area contributed by atoms with Gasteiger partial charge in [-0.05, 0) is 18.2 Å². The molecule has 1 aromatic heterocycles. The number of aromatic nitrogens is 2. The van der Waals surface area contributed by atoms with E-state index in [1.807, 2.05) is 24.4 Å². The summed E-state index contributed by atoms with van der Waals surface area (Å²) in [7, 11) is 0. The maximum Gasteiger partial charge on any atom is 0.146 e. The molecule has 0 spiro atoms. The Morgan fingerprint density at radius 3 is 3.06 bits per heavy atom. The number of aromatic amines is 1. The van der Waals surface area contributed by atoms with Crippen molar-refractivity contribution in [2.24, 2.45) is 0 Å². The Bertz CT molecular complexity index is 593. The molecule has 0 saturated carbocycles. The Balaban J connectivity index is 2.20. The number of fused-ring (bicyclic) bond motifs is 1. The number of nitrogens with one attached hydrogen (secondary N) is 1. The van der Waals surface area contributed by atoms with Gasteiger partial charge < -0.3 is 9.72 Å². The van der Waals surface area contributed by atoms with Gasteiger partial charge in [0.2, 0.25) is 0 Å². The summed E-state index contributed by atoms with van der Waals surface area (Å²) in [5.41, 5.74) is 2.89. The van der Waals surface area contributed by atoms with Gasteiger partial charge in [-0.2, -0.15) is 0 Å². The van der Waals surface area contributed by atoms with Crippen molar-refractivity contribution in [2.45, 2.75) is 0 Å². The number of ether oxygens (including phenoxy) is 1. The van der Waals surface area contributed by atoms with Gasteiger partial charge in [0, 0.05) is 21.8 Å². The van der Waals surface area contributed by atoms with E-state index in [1.165, 1.54) is 0 Å². The highest BCUT2D eigenvalue weighted by molar-refractivity contribution is 9.10. The van der Waals surface area contributed by atoms with Gasteiger partial charge >= 0.3 is 0 Å². The average Bonchev–Trinajstić information content (AvgIpc) is 2.81. The number of nitrogens with zero attached hydrogens (tertiary/aromatic N) is 1. The Kier molecular flexibility index (Phi) is 2.68. The second-order valence-electron chi connectivity index (χ2n) is 3.65. The predicted octanol–water partition coefficient (Wildman–Crippen LogP) is 3.65. The maximum atomic E-state index is 6.16. The molecule has 2 aromatic rings. The van der Waals surface area contributed by atoms with Crippen LogP contribution in [0.3, 0.4) is 0 Å². The number of rotatable bonds is 1. The molecule has 5 heteroatoms. The lowest BCUT2D eigenvalue weighted by Crippen LogP contribution is -2.06. The molecule has 3 nitrogen and oxygen atoms in total. The van der Waals surface area contributed by atoms with E-state index in [9.17, 15) is 0 Å². The van der Waals surface area contributed by atoms with Crippen LogP contribution in [0.15, 0.2) is 35.2 Å². The molecule has 1 N–H and O–H groups in total. The molecule has 17 heavy (non-hydrogen) atoms. The molecule has 0 bridgehead atoms. The molecule has 0 amide bonds. The molecular formula is C12H8BrClN2O. The van der Waals surface area contributed by atoms with E-state index in [-0.39, 0.29) is 0 Å². The molecule has 0 fully saturated rings. The van der Waals surface area contributed by atoms with E-state index in [1.54, 1.807) is 6.33 Å². The van der Waals surface area contributed by atoms with Crippen molar-refractivity contribution < 1.29 is 4.74 Å². The molecule has 1 aliphatic heterocycles. The lowest BCUT2D eigenvalue weighted by atomic mass is 10.0. The highest BCUT2D eigenvalue weighted by Gasteiger charge is 2.19. The van der Waals surface area contributed by atoms with Crippen LogP contribution in [0.25, 0.3) is 5.57 Å². The van der Waals surface area contributed by atoms with E-state index < -0.39 is 0 Å². The smallest absolute Gasteiger partial charge is 0.146 e. The molecule has 3 rings (SSSR count). The monoisotopic (exact) mass is 310 g/mol. The number of imidazole rings is 1. The number of hydrogen-bond donors (Lipinski definition) is 1. The van der Waals surface area contributed by atoms with Crippen LogP contribution in [-0.2, 0) is 0 Å². The molecule has 1 aliphatic rings. The van der Waals surface area contributed by atoms with E-state index in [0.29, 0.717) is 11.6 Å². The zero-order valence-corrected chi connectivity index (χ0v) is 11.0. The summed E-state index contributed by atoms with van der Waals surface area (Å²) in [5.74, 6) is 0.718. The molecule has 1 aromatic carbocycles. The summed E-state index contributed by atoms with van der Waals surface area (Å²) in [6, 6.07) is 3.81. The van der Waals surface area contributed by atoms with Crippen molar-refractivity contribution in [3.8, 4) is 5.75 Å². The van der Waals surface area contributed by atoms with Crippen molar-refractivity contribution >= 4 is 33.1 Å². The molecule has 0 aliphatic carbocycles. The molecule has 2 heterocycles. The quantitative estimate of drug-likeness (QED) is 0.873. The number of halogens is 2. The van der Waals surface area contributed by atoms with Crippen LogP contribution in [0.4, 0.5) is 0 Å². The van der Waals surface area contributed by atoms with Gasteiger partial charge in [-0.1, -0.05) is 27.5 Å². The fourth-order valence-corrected chi connectivity index (χ4v) is 2.74. The summed E-state index contributed by atoms with van der Waals surface area (Å²) in [6.07, 6.45) is 5.52. The van der Waals surface area contributed by atoms with Crippen molar-refractivity contribution in [3.63, 3.8) is 0 Å². The van der Waals surface area contributed by atoms with Crippen LogP contribution < -0.4 is 4.74 Å². The highest BCUT2D eigenvalue weighted by Crippen LogP contribution is 2.40. The van der Waals surface area contributed by atoms with Crippen LogP contribution >= 0.6 is 27.5 Å². The third-order valence-corrected chi connectivity index (χ3v) is 3.33. The first kappa shape index (κ1) is 10.9. The number of benzene rings is 1. The Morgan fingerprint density at radius 2 is 2.29 bits per heavy atom. The summed E-state index contributed by atoms with van der Waals surface area (Å²) in [5, 5.41) is 0.607. The molecule has 0 unspecified atom stereocenters. The SMILES string of the molecule is Clc1cc(Br)cc2c1OCC=C2c1c[nH]cn1. The van der Waals surface area contributed by atoms with Crippen molar-refractivity contribution in [1.82, 2.24) is 9.97 Å². The molecule has 0 atom stereocenters. The predicted molar refractivity (Wildman–Crippen MR) is 70.3 cm³/mol. The Labute approximate surface area is 112 Å². The van der Waals surface area contributed by atoms with Gasteiger partial charge in [0.05, 0.1) is 17.0 Å². The topological polar surface area (TPSA) is 37.9 Å². The lowest BCUT2D eigenvalue weighted by Gasteiger charge is -2.19. The van der Waals surface area contributed by atoms with Crippen LogP contribution in [0, 0.1) is 0 Å². The fourth-order valence-electron chi connectivity index (χ4n) is 1.88. The first-order chi connectivity index (χ1) is 8.25. The van der Waals surface area contributed by atoms with Crippen LogP contribution in [-0.4, -0.2) is 16.6 Å². The average molecular weight is 312 g/mol. The fraction of sp³-hybridized carbons (Fsp3) is 0.0833. The van der Waals surface area contributed by atoms with E-state index in [2.05, 4.69) is 25.9 Å². The van der Waals surface area contributed by atoms with Crippen LogP contribution in [0.5, 0.6) is 5.75 Å². The summed E-state index contributed by atoms with van der Waals surface area (Å²) >= 11 is 9.60. The summed E-state index contributed by atoms with van der Waals surface area (Å²) < 4.78 is 6.49. The normalized spacial score (nSPS) is 13.9. The maximum absolute atomic E-state index is 6.16. The van der Waals surface area contributed by atoms with Crippen LogP contribution in [0.2, 0.25) is 5.02 Å². The zero-order chi connectivity index (χ0) is 11.8. The second-order valence-corrected chi connectivity index (χ2v) is 4.97. The largest absolute Gasteiger partial charge is 0.487 e. The van der Waals surface area contributed by atoms with Gasteiger partial charge in [0.1, 0.15) is 12.4 Å². The molecule has 0 radical (unpaired) electrons. The van der Waals surface area contributed by atoms with E-state index in [4.69, 9.17) is 16.3 Å².